The summed E-state index contributed by atoms with van der Waals surface area (Å²) in [5, 5.41) is 0. The molecule has 0 saturated heterocycles. The fourth-order valence-electron chi connectivity index (χ4n) is 2.72. The van der Waals surface area contributed by atoms with E-state index in [1.165, 1.54) is 18.9 Å². The van der Waals surface area contributed by atoms with Crippen molar-refractivity contribution < 1.29 is 23.9 Å². The fraction of sp³-hybridized carbons (Fsp3) is 0.211. The molecule has 1 aliphatic rings. The molecule has 0 fully saturated rings. The topological polar surface area (TPSA) is 72.9 Å². The van der Waals surface area contributed by atoms with Gasteiger partial charge in [0, 0.05) is 4.90 Å². The second-order valence-corrected chi connectivity index (χ2v) is 6.39. The Morgan fingerprint density at radius 2 is 1.73 bits per heavy atom. The highest BCUT2D eigenvalue weighted by Gasteiger charge is 2.34. The molecule has 0 N–H and O–H groups in total. The van der Waals surface area contributed by atoms with Crippen LogP contribution < -0.4 is 4.74 Å². The van der Waals surface area contributed by atoms with Gasteiger partial charge in [-0.15, -0.1) is 11.8 Å². The van der Waals surface area contributed by atoms with Crippen LogP contribution in [0, 0.1) is 0 Å². The maximum absolute atomic E-state index is 12.3. The molecular weight excluding hydrogens is 354 g/mol. The molecule has 6 nitrogen and oxygen atoms in total. The van der Waals surface area contributed by atoms with Gasteiger partial charge in [-0.3, -0.25) is 14.5 Å². The van der Waals surface area contributed by atoms with Crippen molar-refractivity contribution in [2.75, 3.05) is 26.5 Å². The summed E-state index contributed by atoms with van der Waals surface area (Å²) in [5.41, 5.74) is 1.05. The number of carbonyl (C=O) groups excluding carboxylic acids is 3. The average Bonchev–Trinajstić information content (AvgIpc) is 2.92. The maximum atomic E-state index is 12.3. The molecule has 0 spiro atoms. The van der Waals surface area contributed by atoms with E-state index in [2.05, 4.69) is 0 Å². The molecule has 7 heteroatoms. The molecule has 0 radical (unpaired) electrons. The van der Waals surface area contributed by atoms with E-state index in [0.29, 0.717) is 22.4 Å². The summed E-state index contributed by atoms with van der Waals surface area (Å²) < 4.78 is 10.5. The lowest BCUT2D eigenvalue weighted by Gasteiger charge is -2.14. The minimum atomic E-state index is -0.564. The number of nitrogens with zero attached hydrogens (tertiary/aromatic N) is 1. The zero-order valence-electron chi connectivity index (χ0n) is 14.4. The molecule has 0 atom stereocenters. The van der Waals surface area contributed by atoms with Crippen LogP contribution in [0.25, 0.3) is 0 Å². The van der Waals surface area contributed by atoms with E-state index in [-0.39, 0.29) is 25.0 Å². The third-order valence-electron chi connectivity index (χ3n) is 4.05. The summed E-state index contributed by atoms with van der Waals surface area (Å²) in [6.45, 7) is -0.0823. The number of hydrogen-bond acceptors (Lipinski definition) is 6. The van der Waals surface area contributed by atoms with Gasteiger partial charge in [0.05, 0.1) is 24.8 Å². The summed E-state index contributed by atoms with van der Waals surface area (Å²) in [7, 11) is 1.48. The number of thioether (sulfide) groups is 1. The highest BCUT2D eigenvalue weighted by atomic mass is 32.2. The molecule has 2 aromatic rings. The van der Waals surface area contributed by atoms with Crippen LogP contribution in [-0.4, -0.2) is 49.2 Å². The van der Waals surface area contributed by atoms with Crippen LogP contribution >= 0.6 is 11.8 Å². The number of amides is 2. The summed E-state index contributed by atoms with van der Waals surface area (Å²) in [5.74, 6) is -0.888. The van der Waals surface area contributed by atoms with Gasteiger partial charge in [-0.25, -0.2) is 4.79 Å². The maximum Gasteiger partial charge on any atom is 0.341 e. The molecule has 0 bridgehead atoms. The molecule has 0 unspecified atom stereocenters. The average molecular weight is 371 g/mol. The number of ether oxygens (including phenoxy) is 2. The Morgan fingerprint density at radius 3 is 2.31 bits per heavy atom. The number of carbonyl (C=O) groups is 3. The molecule has 0 aliphatic carbocycles. The highest BCUT2D eigenvalue weighted by Crippen LogP contribution is 2.26. The van der Waals surface area contributed by atoms with Crippen molar-refractivity contribution in [2.45, 2.75) is 4.90 Å². The largest absolute Gasteiger partial charge is 0.496 e. The van der Waals surface area contributed by atoms with Gasteiger partial charge in [0.1, 0.15) is 17.9 Å². The molecule has 2 aromatic carbocycles. The van der Waals surface area contributed by atoms with Crippen molar-refractivity contribution in [3.05, 3.63) is 59.2 Å². The molecule has 1 heterocycles. The van der Waals surface area contributed by atoms with Crippen LogP contribution in [0.5, 0.6) is 5.75 Å². The molecule has 1 aliphatic heterocycles. The third-order valence-corrected chi connectivity index (χ3v) is 4.78. The van der Waals surface area contributed by atoms with Gasteiger partial charge in [0.15, 0.2) is 0 Å². The third kappa shape index (κ3) is 3.30. The van der Waals surface area contributed by atoms with Gasteiger partial charge in [-0.1, -0.05) is 12.1 Å². The molecule has 2 amide bonds. The van der Waals surface area contributed by atoms with Crippen LogP contribution in [0.3, 0.4) is 0 Å². The first-order chi connectivity index (χ1) is 12.6. The fourth-order valence-corrected chi connectivity index (χ4v) is 3.15. The van der Waals surface area contributed by atoms with E-state index >= 15 is 0 Å². The first-order valence-electron chi connectivity index (χ1n) is 7.91. The van der Waals surface area contributed by atoms with Crippen molar-refractivity contribution in [2.24, 2.45) is 0 Å². The van der Waals surface area contributed by atoms with Crippen molar-refractivity contribution in [3.63, 3.8) is 0 Å². The van der Waals surface area contributed by atoms with Gasteiger partial charge < -0.3 is 9.47 Å². The predicted molar refractivity (Wildman–Crippen MR) is 96.9 cm³/mol. The van der Waals surface area contributed by atoms with Crippen molar-refractivity contribution in [3.8, 4) is 5.75 Å². The van der Waals surface area contributed by atoms with Crippen LogP contribution in [0.1, 0.15) is 31.1 Å². The first kappa shape index (κ1) is 18.0. The van der Waals surface area contributed by atoms with Crippen LogP contribution in [0.2, 0.25) is 0 Å². The Bertz CT molecular complexity index is 845. The molecule has 0 aromatic heterocycles. The Hall–Kier alpha value is -2.80. The van der Waals surface area contributed by atoms with Crippen LogP contribution in [0.4, 0.5) is 0 Å². The van der Waals surface area contributed by atoms with E-state index in [1.807, 2.05) is 6.26 Å². The standard InChI is InChI=1S/C19H17NO5S/c1-24-16-11-12(26-2)7-8-15(16)19(23)25-10-9-20-17(21)13-5-3-4-6-14(13)18(20)22/h3-8,11H,9-10H2,1-2H3. The summed E-state index contributed by atoms with van der Waals surface area (Å²) in [6.07, 6.45) is 1.93. The van der Waals surface area contributed by atoms with Crippen molar-refractivity contribution in [1.82, 2.24) is 4.90 Å². The van der Waals surface area contributed by atoms with Gasteiger partial charge in [-0.05, 0) is 36.6 Å². The second kappa shape index (κ2) is 7.61. The molecule has 26 heavy (non-hydrogen) atoms. The van der Waals surface area contributed by atoms with Gasteiger partial charge in [0.25, 0.3) is 11.8 Å². The summed E-state index contributed by atoms with van der Waals surface area (Å²) in [6, 6.07) is 11.8. The van der Waals surface area contributed by atoms with Gasteiger partial charge in [-0.2, -0.15) is 0 Å². The summed E-state index contributed by atoms with van der Waals surface area (Å²) >= 11 is 1.53. The zero-order chi connectivity index (χ0) is 18.7. The Balaban J connectivity index is 1.63. The minimum Gasteiger partial charge on any atom is -0.496 e. The summed E-state index contributed by atoms with van der Waals surface area (Å²) in [4.78, 5) is 38.9. The smallest absolute Gasteiger partial charge is 0.341 e. The second-order valence-electron chi connectivity index (χ2n) is 5.51. The van der Waals surface area contributed by atoms with E-state index < -0.39 is 5.97 Å². The van der Waals surface area contributed by atoms with E-state index in [1.54, 1.807) is 42.5 Å². The van der Waals surface area contributed by atoms with E-state index in [4.69, 9.17) is 9.47 Å². The molecular formula is C19H17NO5S. The van der Waals surface area contributed by atoms with E-state index in [9.17, 15) is 14.4 Å². The zero-order valence-corrected chi connectivity index (χ0v) is 15.2. The molecule has 134 valence electrons. The number of fused-ring (bicyclic) bond motifs is 1. The molecule has 0 saturated carbocycles. The monoisotopic (exact) mass is 371 g/mol. The number of rotatable bonds is 6. The Kier molecular flexibility index (Phi) is 5.27. The SMILES string of the molecule is COc1cc(SC)ccc1C(=O)OCCN1C(=O)c2ccccc2C1=O. The van der Waals surface area contributed by atoms with Crippen LogP contribution in [0.15, 0.2) is 47.4 Å². The lowest BCUT2D eigenvalue weighted by atomic mass is 10.1. The van der Waals surface area contributed by atoms with Crippen LogP contribution in [-0.2, 0) is 4.74 Å². The van der Waals surface area contributed by atoms with E-state index in [0.717, 1.165) is 9.80 Å². The molecule has 3 rings (SSSR count). The lowest BCUT2D eigenvalue weighted by molar-refractivity contribution is 0.0417. The number of methoxy groups -OCH3 is 1. The number of imide groups is 1. The number of hydrogen-bond donors (Lipinski definition) is 0. The quantitative estimate of drug-likeness (QED) is 0.442. The van der Waals surface area contributed by atoms with Gasteiger partial charge in [0.2, 0.25) is 0 Å². The Morgan fingerprint density at radius 1 is 1.08 bits per heavy atom. The first-order valence-corrected chi connectivity index (χ1v) is 9.13. The Labute approximate surface area is 155 Å². The lowest BCUT2D eigenvalue weighted by Crippen LogP contribution is -2.33. The predicted octanol–water partition coefficient (Wildman–Crippen LogP) is 2.87. The number of benzene rings is 2. The van der Waals surface area contributed by atoms with Crippen molar-refractivity contribution in [1.29, 1.82) is 0 Å². The normalized spacial score (nSPS) is 12.9. The van der Waals surface area contributed by atoms with Gasteiger partial charge >= 0.3 is 5.97 Å². The van der Waals surface area contributed by atoms with Crippen molar-refractivity contribution >= 4 is 29.5 Å². The number of esters is 1. The highest BCUT2D eigenvalue weighted by molar-refractivity contribution is 7.98. The minimum absolute atomic E-state index is 0.00327.